The third-order valence-electron chi connectivity index (χ3n) is 1.07. The van der Waals surface area contributed by atoms with Gasteiger partial charge in [0, 0.05) is 0 Å². The second-order valence-electron chi connectivity index (χ2n) is 2.05. The van der Waals surface area contributed by atoms with E-state index in [0.29, 0.717) is 0 Å². The Morgan fingerprint density at radius 1 is 1.54 bits per heavy atom. The largest absolute Gasteiger partial charge is 0.514 e. The van der Waals surface area contributed by atoms with E-state index in [9.17, 15) is 9.59 Å². The predicted octanol–water partition coefficient (Wildman–Crippen LogP) is 1.23. The molecule has 5 nitrogen and oxygen atoms in total. The van der Waals surface area contributed by atoms with E-state index >= 15 is 0 Å². The molecule has 0 heterocycles. The Bertz CT molecular complexity index is 199. The molecule has 0 aliphatic rings. The average Bonchev–Trinajstić information content (AvgIpc) is 2.05. The topological polar surface area (TPSA) is 61.8 Å². The number of carbonyl (C=O) groups excluding carboxylic acids is 2. The average molecular weight is 188 g/mol. The van der Waals surface area contributed by atoms with Gasteiger partial charge in [0.15, 0.2) is 6.10 Å². The number of ether oxygens (including phenoxy) is 3. The number of rotatable bonds is 4. The maximum atomic E-state index is 10.9. The van der Waals surface area contributed by atoms with Crippen LogP contribution in [0.15, 0.2) is 12.8 Å². The SMILES string of the molecule is C=COC(=O)OC(C)C(=O)OCC. The number of hydrogen-bond acceptors (Lipinski definition) is 5. The first-order valence-electron chi connectivity index (χ1n) is 3.76. The molecule has 0 rings (SSSR count). The molecule has 0 saturated heterocycles. The molecule has 0 aromatic rings. The summed E-state index contributed by atoms with van der Waals surface area (Å²) in [5.41, 5.74) is 0. The molecular weight excluding hydrogens is 176 g/mol. The number of hydrogen-bond donors (Lipinski definition) is 0. The van der Waals surface area contributed by atoms with Gasteiger partial charge >= 0.3 is 12.1 Å². The van der Waals surface area contributed by atoms with Gasteiger partial charge < -0.3 is 14.2 Å². The van der Waals surface area contributed by atoms with E-state index in [4.69, 9.17) is 0 Å². The smallest absolute Gasteiger partial charge is 0.463 e. The van der Waals surface area contributed by atoms with Crippen molar-refractivity contribution in [2.45, 2.75) is 20.0 Å². The maximum Gasteiger partial charge on any atom is 0.514 e. The molecule has 13 heavy (non-hydrogen) atoms. The zero-order chi connectivity index (χ0) is 10.3. The van der Waals surface area contributed by atoms with Crippen molar-refractivity contribution in [2.75, 3.05) is 6.61 Å². The molecule has 74 valence electrons. The van der Waals surface area contributed by atoms with Crippen LogP contribution in [0.25, 0.3) is 0 Å². The summed E-state index contributed by atoms with van der Waals surface area (Å²) in [6.07, 6.45) is -1.02. The minimum atomic E-state index is -0.976. The number of carbonyl (C=O) groups is 2. The quantitative estimate of drug-likeness (QED) is 0.490. The molecule has 0 aromatic heterocycles. The highest BCUT2D eigenvalue weighted by atomic mass is 16.7. The molecule has 0 radical (unpaired) electrons. The normalized spacial score (nSPS) is 11.2. The Hall–Kier alpha value is -1.52. The summed E-state index contributed by atoms with van der Waals surface area (Å²) >= 11 is 0. The molecule has 1 atom stereocenters. The minimum absolute atomic E-state index is 0.239. The zero-order valence-electron chi connectivity index (χ0n) is 7.61. The molecule has 0 amide bonds. The van der Waals surface area contributed by atoms with Gasteiger partial charge in [0.2, 0.25) is 0 Å². The summed E-state index contributed by atoms with van der Waals surface area (Å²) in [6, 6.07) is 0. The van der Waals surface area contributed by atoms with Gasteiger partial charge in [0.25, 0.3) is 0 Å². The van der Waals surface area contributed by atoms with Crippen LogP contribution >= 0.6 is 0 Å². The van der Waals surface area contributed by atoms with E-state index in [1.54, 1.807) is 6.92 Å². The minimum Gasteiger partial charge on any atom is -0.463 e. The highest BCUT2D eigenvalue weighted by Gasteiger charge is 2.18. The van der Waals surface area contributed by atoms with Crippen molar-refractivity contribution in [3.05, 3.63) is 12.8 Å². The zero-order valence-corrected chi connectivity index (χ0v) is 7.61. The lowest BCUT2D eigenvalue weighted by atomic mass is 10.4. The van der Waals surface area contributed by atoms with E-state index in [1.165, 1.54) is 6.92 Å². The van der Waals surface area contributed by atoms with Crippen LogP contribution in [0.1, 0.15) is 13.8 Å². The lowest BCUT2D eigenvalue weighted by molar-refractivity contribution is -0.153. The Balaban J connectivity index is 3.84. The van der Waals surface area contributed by atoms with Crippen molar-refractivity contribution in [1.29, 1.82) is 0 Å². The van der Waals surface area contributed by atoms with Crippen LogP contribution in [0.3, 0.4) is 0 Å². The van der Waals surface area contributed by atoms with E-state index in [2.05, 4.69) is 20.8 Å². The fraction of sp³-hybridized carbons (Fsp3) is 0.500. The van der Waals surface area contributed by atoms with Crippen LogP contribution in [0, 0.1) is 0 Å². The molecule has 0 aliphatic heterocycles. The molecule has 1 unspecified atom stereocenters. The molecule has 0 N–H and O–H groups in total. The summed E-state index contributed by atoms with van der Waals surface area (Å²) < 4.78 is 13.3. The molecule has 0 aromatic carbocycles. The second kappa shape index (κ2) is 6.05. The van der Waals surface area contributed by atoms with Gasteiger partial charge in [-0.1, -0.05) is 6.58 Å². The lowest BCUT2D eigenvalue weighted by Crippen LogP contribution is -2.26. The van der Waals surface area contributed by atoms with Crippen LogP contribution < -0.4 is 0 Å². The van der Waals surface area contributed by atoms with Gasteiger partial charge in [-0.15, -0.1) is 0 Å². The molecule has 5 heteroatoms. The van der Waals surface area contributed by atoms with Crippen molar-refractivity contribution < 1.29 is 23.8 Å². The second-order valence-corrected chi connectivity index (χ2v) is 2.05. The first-order chi connectivity index (χ1) is 6.11. The van der Waals surface area contributed by atoms with Crippen molar-refractivity contribution >= 4 is 12.1 Å². The third kappa shape index (κ3) is 4.84. The van der Waals surface area contributed by atoms with Crippen LogP contribution in [0.2, 0.25) is 0 Å². The summed E-state index contributed by atoms with van der Waals surface area (Å²) in [7, 11) is 0. The fourth-order valence-electron chi connectivity index (χ4n) is 0.548. The highest BCUT2D eigenvalue weighted by molar-refractivity contribution is 5.77. The summed E-state index contributed by atoms with van der Waals surface area (Å²) in [4.78, 5) is 21.5. The van der Waals surface area contributed by atoms with Gasteiger partial charge in [-0.2, -0.15) is 0 Å². The van der Waals surface area contributed by atoms with E-state index in [1.807, 2.05) is 0 Å². The van der Waals surface area contributed by atoms with Gasteiger partial charge in [0.05, 0.1) is 12.9 Å². The van der Waals surface area contributed by atoms with Crippen molar-refractivity contribution in [1.82, 2.24) is 0 Å². The van der Waals surface area contributed by atoms with Gasteiger partial charge in [-0.3, -0.25) is 0 Å². The van der Waals surface area contributed by atoms with Gasteiger partial charge in [-0.05, 0) is 13.8 Å². The van der Waals surface area contributed by atoms with Crippen molar-refractivity contribution in [3.63, 3.8) is 0 Å². The Morgan fingerprint density at radius 2 is 2.15 bits per heavy atom. The first kappa shape index (κ1) is 11.5. The van der Waals surface area contributed by atoms with E-state index in [-0.39, 0.29) is 6.61 Å². The molecule has 0 saturated carbocycles. The predicted molar refractivity (Wildman–Crippen MR) is 43.9 cm³/mol. The summed E-state index contributed by atoms with van der Waals surface area (Å²) in [5.74, 6) is -0.608. The van der Waals surface area contributed by atoms with E-state index in [0.717, 1.165) is 6.26 Å². The van der Waals surface area contributed by atoms with Crippen LogP contribution in [0.5, 0.6) is 0 Å². The molecule has 0 bridgehead atoms. The maximum absolute atomic E-state index is 10.9. The Morgan fingerprint density at radius 3 is 2.62 bits per heavy atom. The van der Waals surface area contributed by atoms with Crippen LogP contribution in [-0.4, -0.2) is 24.8 Å². The Labute approximate surface area is 76.3 Å². The third-order valence-corrected chi connectivity index (χ3v) is 1.07. The monoisotopic (exact) mass is 188 g/mol. The lowest BCUT2D eigenvalue weighted by Gasteiger charge is -2.09. The van der Waals surface area contributed by atoms with Crippen molar-refractivity contribution in [2.24, 2.45) is 0 Å². The van der Waals surface area contributed by atoms with Crippen molar-refractivity contribution in [3.8, 4) is 0 Å². The molecule has 0 fully saturated rings. The number of esters is 1. The van der Waals surface area contributed by atoms with E-state index < -0.39 is 18.2 Å². The highest BCUT2D eigenvalue weighted by Crippen LogP contribution is 1.97. The molecule has 0 spiro atoms. The molecule has 0 aliphatic carbocycles. The van der Waals surface area contributed by atoms with Crippen LogP contribution in [0.4, 0.5) is 4.79 Å². The van der Waals surface area contributed by atoms with Crippen LogP contribution in [-0.2, 0) is 19.0 Å². The van der Waals surface area contributed by atoms with Gasteiger partial charge in [-0.25, -0.2) is 9.59 Å². The Kier molecular flexibility index (Phi) is 5.34. The summed E-state index contributed by atoms with van der Waals surface area (Å²) in [5, 5.41) is 0. The summed E-state index contributed by atoms with van der Waals surface area (Å²) in [6.45, 7) is 6.44. The molecular formula is C8H12O5. The standard InChI is InChI=1S/C8H12O5/c1-4-11-7(9)6(3)13-8(10)12-5-2/h5-6H,2,4H2,1,3H3. The first-order valence-corrected chi connectivity index (χ1v) is 3.76. The van der Waals surface area contributed by atoms with Gasteiger partial charge in [0.1, 0.15) is 0 Å². The fourth-order valence-corrected chi connectivity index (χ4v) is 0.548.